The van der Waals surface area contributed by atoms with Crippen LogP contribution >= 0.6 is 0 Å². The molecule has 2 aromatic carbocycles. The van der Waals surface area contributed by atoms with Gasteiger partial charge >= 0.3 is 12.3 Å². The third-order valence-corrected chi connectivity index (χ3v) is 4.17. The highest BCUT2D eigenvalue weighted by Crippen LogP contribution is 2.33. The maximum absolute atomic E-state index is 12.3. The van der Waals surface area contributed by atoms with Crippen molar-refractivity contribution in [3.05, 3.63) is 59.8 Å². The number of esters is 1. The van der Waals surface area contributed by atoms with E-state index < -0.39 is 6.36 Å². The fourth-order valence-corrected chi connectivity index (χ4v) is 2.96. The summed E-state index contributed by atoms with van der Waals surface area (Å²) in [6.07, 6.45) is -2.99. The van der Waals surface area contributed by atoms with E-state index >= 15 is 0 Å². The number of fused-ring (bicyclic) bond motifs is 1. The number of methoxy groups -OCH3 is 1. The van der Waals surface area contributed by atoms with Crippen molar-refractivity contribution in [2.24, 2.45) is 0 Å². The van der Waals surface area contributed by atoms with E-state index in [0.717, 1.165) is 22.1 Å². The third kappa shape index (κ3) is 4.19. The van der Waals surface area contributed by atoms with Crippen molar-refractivity contribution >= 4 is 16.9 Å². The van der Waals surface area contributed by atoms with Crippen molar-refractivity contribution < 1.29 is 27.4 Å². The highest BCUT2D eigenvalue weighted by atomic mass is 19.4. The normalized spacial score (nSPS) is 11.4. The number of aromatic nitrogens is 1. The molecule has 0 N–H and O–H groups in total. The first kappa shape index (κ1) is 18.7. The molecular weight excluding hydrogens is 359 g/mol. The summed E-state index contributed by atoms with van der Waals surface area (Å²) >= 11 is 0. The SMILES string of the molecule is COC(=O)Cc1c(C)cc(-c2ccc(OC(F)(F)F)cc2)c2ncccc12. The second kappa shape index (κ2) is 7.26. The Morgan fingerprint density at radius 1 is 1.15 bits per heavy atom. The minimum atomic E-state index is -4.73. The average Bonchev–Trinajstić information content (AvgIpc) is 2.63. The Bertz CT molecular complexity index is 982. The van der Waals surface area contributed by atoms with Crippen molar-refractivity contribution in [1.82, 2.24) is 4.98 Å². The van der Waals surface area contributed by atoms with Gasteiger partial charge in [-0.1, -0.05) is 18.2 Å². The molecule has 0 saturated carbocycles. The number of halogens is 3. The topological polar surface area (TPSA) is 48.4 Å². The van der Waals surface area contributed by atoms with E-state index in [-0.39, 0.29) is 18.1 Å². The minimum absolute atomic E-state index is 0.114. The Morgan fingerprint density at radius 2 is 1.85 bits per heavy atom. The quantitative estimate of drug-likeness (QED) is 0.613. The maximum Gasteiger partial charge on any atom is 0.573 e. The van der Waals surface area contributed by atoms with E-state index in [0.29, 0.717) is 11.1 Å². The average molecular weight is 375 g/mol. The largest absolute Gasteiger partial charge is 0.573 e. The first-order valence-electron chi connectivity index (χ1n) is 8.08. The molecule has 1 heterocycles. The lowest BCUT2D eigenvalue weighted by Gasteiger charge is -2.14. The highest BCUT2D eigenvalue weighted by molar-refractivity contribution is 5.98. The van der Waals surface area contributed by atoms with Crippen LogP contribution in [0.5, 0.6) is 5.75 Å². The van der Waals surface area contributed by atoms with Crippen LogP contribution in [0.4, 0.5) is 13.2 Å². The fourth-order valence-electron chi connectivity index (χ4n) is 2.96. The van der Waals surface area contributed by atoms with E-state index in [9.17, 15) is 18.0 Å². The zero-order chi connectivity index (χ0) is 19.6. The van der Waals surface area contributed by atoms with Crippen LogP contribution in [0.3, 0.4) is 0 Å². The predicted molar refractivity (Wildman–Crippen MR) is 94.3 cm³/mol. The summed E-state index contributed by atoms with van der Waals surface area (Å²) in [6.45, 7) is 1.87. The van der Waals surface area contributed by atoms with Gasteiger partial charge in [0.2, 0.25) is 0 Å². The second-order valence-corrected chi connectivity index (χ2v) is 5.94. The van der Waals surface area contributed by atoms with Crippen LogP contribution in [-0.4, -0.2) is 24.4 Å². The van der Waals surface area contributed by atoms with E-state index in [1.807, 2.05) is 19.1 Å². The van der Waals surface area contributed by atoms with Gasteiger partial charge in [0, 0.05) is 17.1 Å². The number of carbonyl (C=O) groups is 1. The Kier molecular flexibility index (Phi) is 5.03. The maximum atomic E-state index is 12.3. The molecule has 7 heteroatoms. The van der Waals surface area contributed by atoms with Gasteiger partial charge in [-0.05, 0) is 47.9 Å². The molecule has 140 valence electrons. The van der Waals surface area contributed by atoms with Crippen LogP contribution < -0.4 is 4.74 Å². The van der Waals surface area contributed by atoms with E-state index in [2.05, 4.69) is 9.72 Å². The number of alkyl halides is 3. The Labute approximate surface area is 153 Å². The number of aryl methyl sites for hydroxylation is 1. The molecule has 0 radical (unpaired) electrons. The lowest BCUT2D eigenvalue weighted by atomic mass is 9.93. The van der Waals surface area contributed by atoms with Gasteiger partial charge in [0.1, 0.15) is 5.75 Å². The van der Waals surface area contributed by atoms with Crippen LogP contribution in [0.2, 0.25) is 0 Å². The molecular formula is C20H16F3NO3. The Hall–Kier alpha value is -3.09. The number of carbonyl (C=O) groups excluding carboxylic acids is 1. The monoisotopic (exact) mass is 375 g/mol. The number of rotatable bonds is 4. The lowest BCUT2D eigenvalue weighted by molar-refractivity contribution is -0.274. The van der Waals surface area contributed by atoms with Gasteiger partial charge in [-0.15, -0.1) is 13.2 Å². The number of pyridine rings is 1. The van der Waals surface area contributed by atoms with Crippen molar-refractivity contribution in [1.29, 1.82) is 0 Å². The standard InChI is InChI=1S/C20H16F3NO3/c1-12-10-17(13-5-7-14(8-6-13)27-20(21,22)23)19-15(4-3-9-24-19)16(12)11-18(25)26-2/h3-10H,11H2,1-2H3. The Balaban J connectivity index is 2.08. The smallest absolute Gasteiger partial charge is 0.469 e. The molecule has 0 saturated heterocycles. The van der Waals surface area contributed by atoms with Gasteiger partial charge in [0.25, 0.3) is 0 Å². The van der Waals surface area contributed by atoms with E-state index in [4.69, 9.17) is 4.74 Å². The lowest BCUT2D eigenvalue weighted by Crippen LogP contribution is -2.16. The molecule has 0 aliphatic carbocycles. The fraction of sp³-hybridized carbons (Fsp3) is 0.200. The number of nitrogens with zero attached hydrogens (tertiary/aromatic N) is 1. The van der Waals surface area contributed by atoms with Gasteiger partial charge in [0.15, 0.2) is 0 Å². The molecule has 0 atom stereocenters. The number of benzene rings is 2. The van der Waals surface area contributed by atoms with E-state index in [1.54, 1.807) is 24.4 Å². The second-order valence-electron chi connectivity index (χ2n) is 5.94. The van der Waals surface area contributed by atoms with Crippen LogP contribution in [0.1, 0.15) is 11.1 Å². The van der Waals surface area contributed by atoms with Crippen LogP contribution in [0, 0.1) is 6.92 Å². The van der Waals surface area contributed by atoms with Crippen molar-refractivity contribution in [2.45, 2.75) is 19.7 Å². The number of hydrogen-bond acceptors (Lipinski definition) is 4. The summed E-state index contributed by atoms with van der Waals surface area (Å²) in [5, 5.41) is 0.800. The first-order valence-corrected chi connectivity index (χ1v) is 8.08. The molecule has 0 fully saturated rings. The van der Waals surface area contributed by atoms with Gasteiger partial charge in [-0.3, -0.25) is 9.78 Å². The molecule has 4 nitrogen and oxygen atoms in total. The van der Waals surface area contributed by atoms with Crippen molar-refractivity contribution in [3.8, 4) is 16.9 Å². The third-order valence-electron chi connectivity index (χ3n) is 4.17. The number of hydrogen-bond donors (Lipinski definition) is 0. The molecule has 0 spiro atoms. The van der Waals surface area contributed by atoms with Gasteiger partial charge in [-0.2, -0.15) is 0 Å². The van der Waals surface area contributed by atoms with Crippen molar-refractivity contribution in [3.63, 3.8) is 0 Å². The van der Waals surface area contributed by atoms with Crippen LogP contribution in [0.25, 0.3) is 22.0 Å². The van der Waals surface area contributed by atoms with Crippen LogP contribution in [-0.2, 0) is 16.0 Å². The summed E-state index contributed by atoms with van der Waals surface area (Å²) in [6, 6.07) is 11.1. The van der Waals surface area contributed by atoms with E-state index in [1.165, 1.54) is 19.2 Å². The predicted octanol–water partition coefficient (Wildman–Crippen LogP) is 4.82. The molecule has 27 heavy (non-hydrogen) atoms. The summed E-state index contributed by atoms with van der Waals surface area (Å²) in [5.74, 6) is -0.646. The molecule has 3 rings (SSSR count). The van der Waals surface area contributed by atoms with Gasteiger partial charge in [0.05, 0.1) is 19.0 Å². The molecule has 0 aliphatic rings. The zero-order valence-electron chi connectivity index (χ0n) is 14.6. The number of ether oxygens (including phenoxy) is 2. The summed E-state index contributed by atoms with van der Waals surface area (Å²) in [5.41, 5.74) is 3.79. The molecule has 0 unspecified atom stereocenters. The molecule has 1 aromatic heterocycles. The minimum Gasteiger partial charge on any atom is -0.469 e. The van der Waals surface area contributed by atoms with Gasteiger partial charge < -0.3 is 9.47 Å². The summed E-state index contributed by atoms with van der Waals surface area (Å²) < 4.78 is 45.7. The molecule has 3 aromatic rings. The molecule has 0 aliphatic heterocycles. The molecule has 0 amide bonds. The first-order chi connectivity index (χ1) is 12.8. The summed E-state index contributed by atoms with van der Waals surface area (Å²) in [4.78, 5) is 16.1. The summed E-state index contributed by atoms with van der Waals surface area (Å²) in [7, 11) is 1.33. The highest BCUT2D eigenvalue weighted by Gasteiger charge is 2.31. The van der Waals surface area contributed by atoms with Crippen LogP contribution in [0.15, 0.2) is 48.7 Å². The van der Waals surface area contributed by atoms with Crippen molar-refractivity contribution in [2.75, 3.05) is 7.11 Å². The zero-order valence-corrected chi connectivity index (χ0v) is 14.6. The van der Waals surface area contributed by atoms with Gasteiger partial charge in [-0.25, -0.2) is 0 Å². The Morgan fingerprint density at radius 3 is 2.48 bits per heavy atom. The molecule has 0 bridgehead atoms.